The quantitative estimate of drug-likeness (QED) is 0.796. The van der Waals surface area contributed by atoms with Gasteiger partial charge < -0.3 is 10.6 Å². The van der Waals surface area contributed by atoms with Crippen LogP contribution in [0.3, 0.4) is 0 Å². The summed E-state index contributed by atoms with van der Waals surface area (Å²) in [6.07, 6.45) is 3.91. The van der Waals surface area contributed by atoms with E-state index in [9.17, 15) is 4.79 Å². The Kier molecular flexibility index (Phi) is 5.46. The second kappa shape index (κ2) is 6.89. The number of aromatic nitrogens is 1. The Hall–Kier alpha value is -1.58. The van der Waals surface area contributed by atoms with Crippen molar-refractivity contribution < 1.29 is 4.79 Å². The van der Waals surface area contributed by atoms with E-state index in [1.807, 2.05) is 13.0 Å². The first-order chi connectivity index (χ1) is 8.17. The molecule has 0 radical (unpaired) electrons. The van der Waals surface area contributed by atoms with Crippen LogP contribution in [0.1, 0.15) is 44.1 Å². The third-order valence-electron chi connectivity index (χ3n) is 2.46. The summed E-state index contributed by atoms with van der Waals surface area (Å²) in [6.45, 7) is 6.80. The third kappa shape index (κ3) is 4.43. The van der Waals surface area contributed by atoms with Gasteiger partial charge in [0.25, 0.3) is 5.91 Å². The molecular formula is C13H21N3O. The van der Waals surface area contributed by atoms with E-state index >= 15 is 0 Å². The molecule has 1 aromatic heterocycles. The summed E-state index contributed by atoms with van der Waals surface area (Å²) in [5, 5.41) is 6.10. The molecule has 0 aliphatic carbocycles. The number of hydrogen-bond donors (Lipinski definition) is 2. The fourth-order valence-corrected chi connectivity index (χ4v) is 1.69. The first-order valence-corrected chi connectivity index (χ1v) is 6.18. The maximum atomic E-state index is 11.6. The van der Waals surface area contributed by atoms with Crippen LogP contribution < -0.4 is 10.6 Å². The normalized spacial score (nSPS) is 11.9. The van der Waals surface area contributed by atoms with E-state index in [0.717, 1.165) is 18.5 Å². The number of anilines is 1. The lowest BCUT2D eigenvalue weighted by Gasteiger charge is -2.14. The van der Waals surface area contributed by atoms with Crippen LogP contribution in [0, 0.1) is 0 Å². The SMILES string of the molecule is CCCC(C)Nc1ccnc(C(=O)NCC)c1. The molecule has 1 unspecified atom stereocenters. The molecule has 0 saturated carbocycles. The monoisotopic (exact) mass is 235 g/mol. The molecule has 1 heterocycles. The van der Waals surface area contributed by atoms with Gasteiger partial charge in [-0.15, -0.1) is 0 Å². The van der Waals surface area contributed by atoms with E-state index in [0.29, 0.717) is 18.3 Å². The van der Waals surface area contributed by atoms with Gasteiger partial charge in [0.2, 0.25) is 0 Å². The molecular weight excluding hydrogens is 214 g/mol. The van der Waals surface area contributed by atoms with Crippen LogP contribution in [0.4, 0.5) is 5.69 Å². The molecule has 1 rings (SSSR count). The summed E-state index contributed by atoms with van der Waals surface area (Å²) < 4.78 is 0. The summed E-state index contributed by atoms with van der Waals surface area (Å²) in [5.74, 6) is -0.126. The van der Waals surface area contributed by atoms with Crippen molar-refractivity contribution in [2.75, 3.05) is 11.9 Å². The lowest BCUT2D eigenvalue weighted by Crippen LogP contribution is -2.24. The van der Waals surface area contributed by atoms with Gasteiger partial charge in [0, 0.05) is 24.5 Å². The highest BCUT2D eigenvalue weighted by molar-refractivity contribution is 5.93. The van der Waals surface area contributed by atoms with Gasteiger partial charge in [-0.25, -0.2) is 0 Å². The lowest BCUT2D eigenvalue weighted by atomic mass is 10.2. The van der Waals surface area contributed by atoms with Crippen molar-refractivity contribution in [3.63, 3.8) is 0 Å². The van der Waals surface area contributed by atoms with Gasteiger partial charge in [0.1, 0.15) is 5.69 Å². The van der Waals surface area contributed by atoms with Crippen LogP contribution in [-0.4, -0.2) is 23.5 Å². The van der Waals surface area contributed by atoms with Crippen LogP contribution in [0.15, 0.2) is 18.3 Å². The topological polar surface area (TPSA) is 54.0 Å². The highest BCUT2D eigenvalue weighted by Gasteiger charge is 2.07. The summed E-state index contributed by atoms with van der Waals surface area (Å²) in [4.78, 5) is 15.7. The maximum Gasteiger partial charge on any atom is 0.269 e. The fourth-order valence-electron chi connectivity index (χ4n) is 1.69. The van der Waals surface area contributed by atoms with Gasteiger partial charge in [-0.1, -0.05) is 13.3 Å². The summed E-state index contributed by atoms with van der Waals surface area (Å²) in [6, 6.07) is 4.08. The van der Waals surface area contributed by atoms with Crippen LogP contribution in [0.2, 0.25) is 0 Å². The highest BCUT2D eigenvalue weighted by atomic mass is 16.1. The van der Waals surface area contributed by atoms with Crippen LogP contribution in [-0.2, 0) is 0 Å². The van der Waals surface area contributed by atoms with E-state index in [4.69, 9.17) is 0 Å². The van der Waals surface area contributed by atoms with Crippen LogP contribution in [0.25, 0.3) is 0 Å². The number of carbonyl (C=O) groups excluding carboxylic acids is 1. The first kappa shape index (κ1) is 13.5. The minimum absolute atomic E-state index is 0.126. The summed E-state index contributed by atoms with van der Waals surface area (Å²) in [7, 11) is 0. The number of nitrogens with zero attached hydrogens (tertiary/aromatic N) is 1. The molecule has 0 spiro atoms. The van der Waals surface area contributed by atoms with Gasteiger partial charge in [0.15, 0.2) is 0 Å². The molecule has 0 bridgehead atoms. The number of pyridine rings is 1. The molecule has 0 fully saturated rings. The van der Waals surface area contributed by atoms with Crippen LogP contribution in [0.5, 0.6) is 0 Å². The average molecular weight is 235 g/mol. The third-order valence-corrected chi connectivity index (χ3v) is 2.46. The fraction of sp³-hybridized carbons (Fsp3) is 0.538. The lowest BCUT2D eigenvalue weighted by molar-refractivity contribution is 0.0951. The Morgan fingerprint density at radius 2 is 2.24 bits per heavy atom. The van der Waals surface area contributed by atoms with Crippen molar-refractivity contribution in [2.24, 2.45) is 0 Å². The number of rotatable bonds is 6. The first-order valence-electron chi connectivity index (χ1n) is 6.18. The Morgan fingerprint density at radius 1 is 1.47 bits per heavy atom. The summed E-state index contributed by atoms with van der Waals surface area (Å²) in [5.41, 5.74) is 1.41. The van der Waals surface area contributed by atoms with E-state index in [1.54, 1.807) is 12.3 Å². The van der Waals surface area contributed by atoms with Crippen molar-refractivity contribution in [3.05, 3.63) is 24.0 Å². The molecule has 94 valence electrons. The molecule has 4 heteroatoms. The molecule has 2 N–H and O–H groups in total. The van der Waals surface area contributed by atoms with Crippen molar-refractivity contribution >= 4 is 11.6 Å². The van der Waals surface area contributed by atoms with Crippen LogP contribution >= 0.6 is 0 Å². The standard InChI is InChI=1S/C13H21N3O/c1-4-6-10(3)16-11-7-8-15-12(9-11)13(17)14-5-2/h7-10H,4-6H2,1-3H3,(H,14,17)(H,15,16). The Labute approximate surface area is 103 Å². The number of nitrogens with one attached hydrogen (secondary N) is 2. The number of carbonyl (C=O) groups is 1. The molecule has 4 nitrogen and oxygen atoms in total. The minimum Gasteiger partial charge on any atom is -0.382 e. The van der Waals surface area contributed by atoms with Gasteiger partial charge in [0.05, 0.1) is 0 Å². The molecule has 0 aliphatic heterocycles. The van der Waals surface area contributed by atoms with Gasteiger partial charge >= 0.3 is 0 Å². The Balaban J connectivity index is 2.68. The summed E-state index contributed by atoms with van der Waals surface area (Å²) >= 11 is 0. The van der Waals surface area contributed by atoms with Crippen molar-refractivity contribution in [2.45, 2.75) is 39.7 Å². The molecule has 17 heavy (non-hydrogen) atoms. The largest absolute Gasteiger partial charge is 0.382 e. The van der Waals surface area contributed by atoms with Crippen molar-refractivity contribution in [1.82, 2.24) is 10.3 Å². The van der Waals surface area contributed by atoms with Gasteiger partial charge in [-0.2, -0.15) is 0 Å². The second-order valence-corrected chi connectivity index (χ2v) is 4.12. The molecule has 0 saturated heterocycles. The Bertz CT molecular complexity index is 365. The molecule has 0 aromatic carbocycles. The molecule has 1 atom stereocenters. The van der Waals surface area contributed by atoms with E-state index < -0.39 is 0 Å². The predicted molar refractivity (Wildman–Crippen MR) is 70.2 cm³/mol. The van der Waals surface area contributed by atoms with E-state index in [2.05, 4.69) is 29.5 Å². The van der Waals surface area contributed by atoms with E-state index in [1.165, 1.54) is 0 Å². The van der Waals surface area contributed by atoms with Gasteiger partial charge in [-0.3, -0.25) is 9.78 Å². The highest BCUT2D eigenvalue weighted by Crippen LogP contribution is 2.11. The maximum absolute atomic E-state index is 11.6. The van der Waals surface area contributed by atoms with Crippen molar-refractivity contribution in [1.29, 1.82) is 0 Å². The van der Waals surface area contributed by atoms with Crippen molar-refractivity contribution in [3.8, 4) is 0 Å². The number of amides is 1. The minimum atomic E-state index is -0.126. The zero-order valence-corrected chi connectivity index (χ0v) is 10.8. The zero-order chi connectivity index (χ0) is 12.7. The predicted octanol–water partition coefficient (Wildman–Crippen LogP) is 2.43. The molecule has 1 aromatic rings. The Morgan fingerprint density at radius 3 is 2.88 bits per heavy atom. The average Bonchev–Trinajstić information content (AvgIpc) is 2.30. The van der Waals surface area contributed by atoms with Gasteiger partial charge in [-0.05, 0) is 32.4 Å². The zero-order valence-electron chi connectivity index (χ0n) is 10.8. The number of hydrogen-bond acceptors (Lipinski definition) is 3. The molecule has 1 amide bonds. The smallest absolute Gasteiger partial charge is 0.269 e. The molecule has 0 aliphatic rings. The second-order valence-electron chi connectivity index (χ2n) is 4.12. The van der Waals surface area contributed by atoms with E-state index in [-0.39, 0.29) is 5.91 Å².